The fourth-order valence-corrected chi connectivity index (χ4v) is 1.47. The molecule has 6 nitrogen and oxygen atoms in total. The van der Waals surface area contributed by atoms with Crippen molar-refractivity contribution in [2.24, 2.45) is 11.7 Å². The first-order valence-corrected chi connectivity index (χ1v) is 5.73. The lowest BCUT2D eigenvalue weighted by Gasteiger charge is -2.12. The molecule has 0 saturated heterocycles. The van der Waals surface area contributed by atoms with Gasteiger partial charge in [-0.3, -0.25) is 9.59 Å². The van der Waals surface area contributed by atoms with Crippen molar-refractivity contribution in [3.8, 4) is 6.07 Å². The number of nitrogens with zero attached hydrogens (tertiary/aromatic N) is 1. The Bertz CT molecular complexity index is 482. The normalized spacial score (nSPS) is 13.1. The number of amides is 2. The molecule has 19 heavy (non-hydrogen) atoms. The minimum atomic E-state index is -1.44. The number of aliphatic hydroxyl groups excluding tert-OH is 1. The van der Waals surface area contributed by atoms with E-state index in [9.17, 15) is 9.59 Å². The van der Waals surface area contributed by atoms with Crippen molar-refractivity contribution in [2.75, 3.05) is 6.54 Å². The van der Waals surface area contributed by atoms with Crippen molar-refractivity contribution < 1.29 is 14.7 Å². The number of carbonyl (C=O) groups excluding carboxylic acids is 2. The highest BCUT2D eigenvalue weighted by Crippen LogP contribution is 2.08. The van der Waals surface area contributed by atoms with E-state index < -0.39 is 23.8 Å². The summed E-state index contributed by atoms with van der Waals surface area (Å²) in [4.78, 5) is 22.3. The molecule has 0 aliphatic carbocycles. The molecule has 2 amide bonds. The van der Waals surface area contributed by atoms with E-state index in [-0.39, 0.29) is 13.0 Å². The first-order chi connectivity index (χ1) is 9.04. The van der Waals surface area contributed by atoms with Gasteiger partial charge >= 0.3 is 0 Å². The Morgan fingerprint density at radius 1 is 1.37 bits per heavy atom. The molecular formula is C13H15N3O3. The van der Waals surface area contributed by atoms with Crippen LogP contribution in [0, 0.1) is 17.2 Å². The Labute approximate surface area is 110 Å². The molecule has 4 N–H and O–H groups in total. The maximum atomic E-state index is 11.7. The Morgan fingerprint density at radius 3 is 2.53 bits per heavy atom. The maximum absolute atomic E-state index is 11.7. The molecule has 6 heteroatoms. The van der Waals surface area contributed by atoms with Crippen LogP contribution in [-0.2, 0) is 16.0 Å². The number of nitriles is 1. The zero-order valence-electron chi connectivity index (χ0n) is 10.2. The molecular weight excluding hydrogens is 246 g/mol. The molecule has 1 aromatic carbocycles. The van der Waals surface area contributed by atoms with Crippen molar-refractivity contribution in [3.05, 3.63) is 35.9 Å². The predicted molar refractivity (Wildman–Crippen MR) is 67.5 cm³/mol. The molecule has 1 aromatic rings. The van der Waals surface area contributed by atoms with Crippen LogP contribution in [0.3, 0.4) is 0 Å². The van der Waals surface area contributed by atoms with Gasteiger partial charge in [-0.15, -0.1) is 0 Å². The molecule has 2 unspecified atom stereocenters. The van der Waals surface area contributed by atoms with Crippen molar-refractivity contribution in [2.45, 2.75) is 12.5 Å². The lowest BCUT2D eigenvalue weighted by atomic mass is 10.00. The van der Waals surface area contributed by atoms with Gasteiger partial charge in [0.2, 0.25) is 11.8 Å². The van der Waals surface area contributed by atoms with Crippen LogP contribution in [0.15, 0.2) is 30.3 Å². The number of benzene rings is 1. The fraction of sp³-hybridized carbons (Fsp3) is 0.308. The molecule has 0 aromatic heterocycles. The number of rotatable bonds is 6. The van der Waals surface area contributed by atoms with Crippen LogP contribution in [0.4, 0.5) is 0 Å². The number of nitrogens with one attached hydrogen (secondary N) is 1. The van der Waals surface area contributed by atoms with E-state index in [1.54, 1.807) is 0 Å². The van der Waals surface area contributed by atoms with Gasteiger partial charge in [-0.2, -0.15) is 5.26 Å². The largest absolute Gasteiger partial charge is 0.381 e. The number of carbonyl (C=O) groups is 2. The molecule has 2 atom stereocenters. The Morgan fingerprint density at radius 2 is 2.00 bits per heavy atom. The van der Waals surface area contributed by atoms with Gasteiger partial charge in [0.25, 0.3) is 0 Å². The number of aliphatic hydroxyl groups is 1. The molecule has 0 fully saturated rings. The third-order valence-corrected chi connectivity index (χ3v) is 2.55. The fourth-order valence-electron chi connectivity index (χ4n) is 1.47. The third-order valence-electron chi connectivity index (χ3n) is 2.55. The molecule has 0 heterocycles. The van der Waals surface area contributed by atoms with Gasteiger partial charge in [-0.1, -0.05) is 30.3 Å². The molecule has 0 spiro atoms. The van der Waals surface area contributed by atoms with Crippen LogP contribution in [0.25, 0.3) is 0 Å². The minimum Gasteiger partial charge on any atom is -0.381 e. The van der Waals surface area contributed by atoms with Gasteiger partial charge in [-0.25, -0.2) is 0 Å². The van der Waals surface area contributed by atoms with Gasteiger partial charge in [0.15, 0.2) is 0 Å². The van der Waals surface area contributed by atoms with Gasteiger partial charge in [0, 0.05) is 0 Å². The number of hydrogen-bond donors (Lipinski definition) is 3. The van der Waals surface area contributed by atoms with E-state index >= 15 is 0 Å². The monoisotopic (exact) mass is 261 g/mol. The Balaban J connectivity index is 2.54. The van der Waals surface area contributed by atoms with Crippen molar-refractivity contribution in [1.82, 2.24) is 5.32 Å². The standard InChI is InChI=1S/C13H15N3O3/c14-7-10(6-9-4-2-1-3-5-9)13(19)16-8-11(17)12(15)18/h1-5,10-11,17H,6,8H2,(H2,15,18)(H,16,19). The third kappa shape index (κ3) is 4.77. The zero-order chi connectivity index (χ0) is 14.3. The molecule has 0 aliphatic rings. The van der Waals surface area contributed by atoms with Crippen LogP contribution in [0.2, 0.25) is 0 Å². The first kappa shape index (κ1) is 14.7. The summed E-state index contributed by atoms with van der Waals surface area (Å²) < 4.78 is 0. The minimum absolute atomic E-state index is 0.274. The number of nitrogens with two attached hydrogens (primary N) is 1. The average molecular weight is 261 g/mol. The van der Waals surface area contributed by atoms with Gasteiger partial charge in [-0.05, 0) is 12.0 Å². The molecule has 0 bridgehead atoms. The first-order valence-electron chi connectivity index (χ1n) is 5.73. The summed E-state index contributed by atoms with van der Waals surface area (Å²) in [7, 11) is 0. The lowest BCUT2D eigenvalue weighted by Crippen LogP contribution is -2.42. The van der Waals surface area contributed by atoms with Crippen LogP contribution in [0.5, 0.6) is 0 Å². The summed E-state index contributed by atoms with van der Waals surface area (Å²) in [6.45, 7) is -0.291. The smallest absolute Gasteiger partial charge is 0.248 e. The van der Waals surface area contributed by atoms with E-state index in [2.05, 4.69) is 5.32 Å². The van der Waals surface area contributed by atoms with E-state index in [0.717, 1.165) is 5.56 Å². The van der Waals surface area contributed by atoms with Crippen LogP contribution >= 0.6 is 0 Å². The highest BCUT2D eigenvalue weighted by molar-refractivity contribution is 5.83. The lowest BCUT2D eigenvalue weighted by molar-refractivity contribution is -0.127. The maximum Gasteiger partial charge on any atom is 0.248 e. The second kappa shape index (κ2) is 7.13. The van der Waals surface area contributed by atoms with Gasteiger partial charge in [0.1, 0.15) is 12.0 Å². The second-order valence-electron chi connectivity index (χ2n) is 4.03. The average Bonchev–Trinajstić information content (AvgIpc) is 2.42. The predicted octanol–water partition coefficient (Wildman–Crippen LogP) is -0.669. The van der Waals surface area contributed by atoms with E-state index in [4.69, 9.17) is 16.1 Å². The summed E-state index contributed by atoms with van der Waals surface area (Å²) >= 11 is 0. The van der Waals surface area contributed by atoms with Crippen LogP contribution < -0.4 is 11.1 Å². The van der Waals surface area contributed by atoms with Crippen molar-refractivity contribution in [1.29, 1.82) is 5.26 Å². The van der Waals surface area contributed by atoms with E-state index in [1.807, 2.05) is 36.4 Å². The molecule has 1 rings (SSSR count). The Kier molecular flexibility index (Phi) is 5.51. The van der Waals surface area contributed by atoms with Crippen molar-refractivity contribution >= 4 is 11.8 Å². The Hall–Kier alpha value is -2.39. The number of primary amides is 1. The summed E-state index contributed by atoms with van der Waals surface area (Å²) in [6.07, 6.45) is -1.17. The van der Waals surface area contributed by atoms with Gasteiger partial charge in [0.05, 0.1) is 12.6 Å². The summed E-state index contributed by atoms with van der Waals surface area (Å²) in [5.41, 5.74) is 5.71. The quantitative estimate of drug-likeness (QED) is 0.629. The van der Waals surface area contributed by atoms with Crippen LogP contribution in [-0.4, -0.2) is 29.6 Å². The zero-order valence-corrected chi connectivity index (χ0v) is 10.2. The highest BCUT2D eigenvalue weighted by atomic mass is 16.3. The van der Waals surface area contributed by atoms with Gasteiger partial charge < -0.3 is 16.2 Å². The molecule has 0 radical (unpaired) electrons. The highest BCUT2D eigenvalue weighted by Gasteiger charge is 2.20. The van der Waals surface area contributed by atoms with E-state index in [1.165, 1.54) is 0 Å². The second-order valence-corrected chi connectivity index (χ2v) is 4.03. The van der Waals surface area contributed by atoms with Crippen molar-refractivity contribution in [3.63, 3.8) is 0 Å². The SMILES string of the molecule is N#CC(Cc1ccccc1)C(=O)NCC(O)C(N)=O. The molecule has 0 saturated carbocycles. The summed E-state index contributed by atoms with van der Waals surface area (Å²) in [6, 6.07) is 11.0. The van der Waals surface area contributed by atoms with E-state index in [0.29, 0.717) is 0 Å². The molecule has 100 valence electrons. The summed E-state index contributed by atoms with van der Waals surface area (Å²) in [5.74, 6) is -2.33. The molecule has 0 aliphatic heterocycles. The number of hydrogen-bond acceptors (Lipinski definition) is 4. The topological polar surface area (TPSA) is 116 Å². The van der Waals surface area contributed by atoms with Crippen LogP contribution in [0.1, 0.15) is 5.56 Å². The summed E-state index contributed by atoms with van der Waals surface area (Å²) in [5, 5.41) is 20.4.